The Labute approximate surface area is 119 Å². The molecular weight excluding hydrogens is 250 g/mol. The first-order valence-corrected chi connectivity index (χ1v) is 7.86. The van der Waals surface area contributed by atoms with E-state index in [9.17, 15) is 0 Å². The molecule has 1 unspecified atom stereocenters. The van der Waals surface area contributed by atoms with E-state index in [1.54, 1.807) is 11.3 Å². The second kappa shape index (κ2) is 5.30. The lowest BCUT2D eigenvalue weighted by atomic mass is 9.97. The Kier molecular flexibility index (Phi) is 3.52. The normalized spacial score (nSPS) is 18.6. The van der Waals surface area contributed by atoms with Crippen molar-refractivity contribution in [3.63, 3.8) is 0 Å². The number of rotatable bonds is 3. The number of benzene rings is 1. The van der Waals surface area contributed by atoms with Gasteiger partial charge in [-0.2, -0.15) is 0 Å². The van der Waals surface area contributed by atoms with Crippen LogP contribution in [0, 0.1) is 6.92 Å². The molecular formula is C17H19NS. The third kappa shape index (κ3) is 2.50. The first kappa shape index (κ1) is 12.6. The number of hydrogen-bond acceptors (Lipinski definition) is 2. The van der Waals surface area contributed by atoms with Crippen molar-refractivity contribution in [3.8, 4) is 0 Å². The van der Waals surface area contributed by atoms with Crippen LogP contribution >= 0.6 is 11.3 Å². The van der Waals surface area contributed by atoms with Crippen LogP contribution in [0.1, 0.15) is 47.4 Å². The van der Waals surface area contributed by atoms with Crippen molar-refractivity contribution in [2.75, 3.05) is 0 Å². The average molecular weight is 269 g/mol. The SMILES string of the molecule is CCc1ccc(C2CCC(c3cccs3)=N2)c(C)c1. The highest BCUT2D eigenvalue weighted by molar-refractivity contribution is 7.12. The molecule has 0 fully saturated rings. The minimum absolute atomic E-state index is 0.364. The molecule has 0 radical (unpaired) electrons. The van der Waals surface area contributed by atoms with E-state index in [1.165, 1.54) is 27.3 Å². The molecule has 0 N–H and O–H groups in total. The van der Waals surface area contributed by atoms with E-state index < -0.39 is 0 Å². The zero-order valence-electron chi connectivity index (χ0n) is 11.5. The molecule has 0 saturated heterocycles. The van der Waals surface area contributed by atoms with Crippen molar-refractivity contribution < 1.29 is 0 Å². The first-order valence-electron chi connectivity index (χ1n) is 6.98. The van der Waals surface area contributed by atoms with Gasteiger partial charge < -0.3 is 0 Å². The van der Waals surface area contributed by atoms with Crippen LogP contribution < -0.4 is 0 Å². The van der Waals surface area contributed by atoms with Crippen molar-refractivity contribution in [2.24, 2.45) is 4.99 Å². The molecule has 1 aromatic carbocycles. The third-order valence-corrected chi connectivity index (χ3v) is 4.79. The van der Waals surface area contributed by atoms with Crippen molar-refractivity contribution in [3.05, 3.63) is 57.3 Å². The molecule has 1 nitrogen and oxygen atoms in total. The second-order valence-corrected chi connectivity index (χ2v) is 6.10. The Hall–Kier alpha value is -1.41. The first-order chi connectivity index (χ1) is 9.28. The summed E-state index contributed by atoms with van der Waals surface area (Å²) in [4.78, 5) is 6.28. The fourth-order valence-corrected chi connectivity index (χ4v) is 3.53. The zero-order chi connectivity index (χ0) is 13.2. The van der Waals surface area contributed by atoms with Crippen molar-refractivity contribution in [1.82, 2.24) is 0 Å². The molecule has 0 amide bonds. The van der Waals surface area contributed by atoms with E-state index in [2.05, 4.69) is 49.6 Å². The van der Waals surface area contributed by atoms with Crippen LogP contribution in [0.25, 0.3) is 0 Å². The summed E-state index contributed by atoms with van der Waals surface area (Å²) in [7, 11) is 0. The molecule has 0 saturated carbocycles. The van der Waals surface area contributed by atoms with Gasteiger partial charge in [0.05, 0.1) is 11.8 Å². The highest BCUT2D eigenvalue weighted by Crippen LogP contribution is 2.33. The van der Waals surface area contributed by atoms with Crippen molar-refractivity contribution in [1.29, 1.82) is 0 Å². The molecule has 3 rings (SSSR count). The molecule has 1 aromatic heterocycles. The molecule has 19 heavy (non-hydrogen) atoms. The van der Waals surface area contributed by atoms with Gasteiger partial charge in [0.2, 0.25) is 0 Å². The Balaban J connectivity index is 1.88. The number of aliphatic imine (C=N–C) groups is 1. The molecule has 2 heteroatoms. The topological polar surface area (TPSA) is 12.4 Å². The quantitative estimate of drug-likeness (QED) is 0.748. The molecule has 2 heterocycles. The maximum Gasteiger partial charge on any atom is 0.0759 e. The standard InChI is InChI=1S/C17H19NS/c1-3-13-6-7-14(12(2)11-13)15-8-9-16(18-15)17-5-4-10-19-17/h4-7,10-11,15H,3,8-9H2,1-2H3. The van der Waals surface area contributed by atoms with Crippen LogP contribution in [0.4, 0.5) is 0 Å². The van der Waals surface area contributed by atoms with Crippen LogP contribution in [0.5, 0.6) is 0 Å². The molecule has 1 aliphatic rings. The van der Waals surface area contributed by atoms with Crippen molar-refractivity contribution in [2.45, 2.75) is 39.2 Å². The summed E-state index contributed by atoms with van der Waals surface area (Å²) in [6.45, 7) is 4.42. The van der Waals surface area contributed by atoms with E-state index in [-0.39, 0.29) is 0 Å². The van der Waals surface area contributed by atoms with Gasteiger partial charge in [-0.1, -0.05) is 31.2 Å². The number of nitrogens with zero attached hydrogens (tertiary/aromatic N) is 1. The van der Waals surface area contributed by atoms with E-state index in [0.29, 0.717) is 6.04 Å². The molecule has 1 aliphatic heterocycles. The maximum absolute atomic E-state index is 4.94. The molecule has 1 atom stereocenters. The Morgan fingerprint density at radius 3 is 2.89 bits per heavy atom. The highest BCUT2D eigenvalue weighted by Gasteiger charge is 2.21. The Bertz CT molecular complexity index is 596. The summed E-state index contributed by atoms with van der Waals surface area (Å²) >= 11 is 1.80. The lowest BCUT2D eigenvalue weighted by molar-refractivity contribution is 0.717. The van der Waals surface area contributed by atoms with Crippen LogP contribution in [0.3, 0.4) is 0 Å². The minimum atomic E-state index is 0.364. The predicted molar refractivity (Wildman–Crippen MR) is 83.4 cm³/mol. The zero-order valence-corrected chi connectivity index (χ0v) is 12.3. The summed E-state index contributed by atoms with van der Waals surface area (Å²) in [6, 6.07) is 11.5. The van der Waals surface area contributed by atoms with Crippen LogP contribution in [0.15, 0.2) is 40.7 Å². The molecule has 98 valence electrons. The van der Waals surface area contributed by atoms with E-state index in [0.717, 1.165) is 19.3 Å². The summed E-state index contributed by atoms with van der Waals surface area (Å²) < 4.78 is 0. The van der Waals surface area contributed by atoms with Crippen molar-refractivity contribution >= 4 is 17.0 Å². The Morgan fingerprint density at radius 1 is 1.32 bits per heavy atom. The maximum atomic E-state index is 4.94. The number of hydrogen-bond donors (Lipinski definition) is 0. The van der Waals surface area contributed by atoms with Gasteiger partial charge in [-0.25, -0.2) is 0 Å². The average Bonchev–Trinajstić information content (AvgIpc) is 3.09. The van der Waals surface area contributed by atoms with Crippen LogP contribution in [-0.2, 0) is 6.42 Å². The van der Waals surface area contributed by atoms with E-state index in [4.69, 9.17) is 4.99 Å². The lowest BCUT2D eigenvalue weighted by Crippen LogP contribution is -1.96. The summed E-state index contributed by atoms with van der Waals surface area (Å²) in [5.74, 6) is 0. The number of thiophene rings is 1. The van der Waals surface area contributed by atoms with Gasteiger partial charge >= 0.3 is 0 Å². The molecule has 2 aromatic rings. The van der Waals surface area contributed by atoms with Gasteiger partial charge in [0.15, 0.2) is 0 Å². The fourth-order valence-electron chi connectivity index (χ4n) is 2.78. The number of aryl methyl sites for hydroxylation is 2. The molecule has 0 spiro atoms. The van der Waals surface area contributed by atoms with Crippen LogP contribution in [-0.4, -0.2) is 5.71 Å². The third-order valence-electron chi connectivity index (χ3n) is 3.87. The van der Waals surface area contributed by atoms with Gasteiger partial charge in [-0.15, -0.1) is 11.3 Å². The van der Waals surface area contributed by atoms with Gasteiger partial charge in [0.25, 0.3) is 0 Å². The largest absolute Gasteiger partial charge is 0.280 e. The van der Waals surface area contributed by atoms with Gasteiger partial charge in [0.1, 0.15) is 0 Å². The van der Waals surface area contributed by atoms with E-state index >= 15 is 0 Å². The summed E-state index contributed by atoms with van der Waals surface area (Å²) in [5.41, 5.74) is 5.50. The van der Waals surface area contributed by atoms with E-state index in [1.807, 2.05) is 0 Å². The monoisotopic (exact) mass is 269 g/mol. The van der Waals surface area contributed by atoms with Gasteiger partial charge in [-0.3, -0.25) is 4.99 Å². The fraction of sp³-hybridized carbons (Fsp3) is 0.353. The predicted octanol–water partition coefficient (Wildman–Crippen LogP) is 4.94. The molecule has 0 aliphatic carbocycles. The van der Waals surface area contributed by atoms with Gasteiger partial charge in [-0.05, 0) is 54.3 Å². The minimum Gasteiger partial charge on any atom is -0.280 e. The van der Waals surface area contributed by atoms with Crippen LogP contribution in [0.2, 0.25) is 0 Å². The van der Waals surface area contributed by atoms with Gasteiger partial charge in [0, 0.05) is 4.88 Å². The molecule has 0 bridgehead atoms. The summed E-state index contributed by atoms with van der Waals surface area (Å²) in [6.07, 6.45) is 3.37. The second-order valence-electron chi connectivity index (χ2n) is 5.15. The summed E-state index contributed by atoms with van der Waals surface area (Å²) in [5, 5.41) is 2.13. The Morgan fingerprint density at radius 2 is 2.21 bits per heavy atom. The smallest absolute Gasteiger partial charge is 0.0759 e. The highest BCUT2D eigenvalue weighted by atomic mass is 32.1. The lowest BCUT2D eigenvalue weighted by Gasteiger charge is -2.11.